The van der Waals surface area contributed by atoms with E-state index in [9.17, 15) is 4.79 Å². The lowest BCUT2D eigenvalue weighted by atomic mass is 10.3. The summed E-state index contributed by atoms with van der Waals surface area (Å²) in [6.45, 7) is 4.42. The highest BCUT2D eigenvalue weighted by Gasteiger charge is 2.13. The van der Waals surface area contributed by atoms with Crippen molar-refractivity contribution >= 4 is 17.7 Å². The average molecular weight is 281 g/mol. The molecule has 0 radical (unpaired) electrons. The van der Waals surface area contributed by atoms with Crippen molar-refractivity contribution in [2.75, 3.05) is 5.75 Å². The van der Waals surface area contributed by atoms with Crippen LogP contribution < -0.4 is 0 Å². The normalized spacial score (nSPS) is 10.8. The highest BCUT2D eigenvalue weighted by Crippen LogP contribution is 2.20. The van der Waals surface area contributed by atoms with E-state index < -0.39 is 5.97 Å². The van der Waals surface area contributed by atoms with Gasteiger partial charge in [-0.05, 0) is 13.3 Å². The number of hydrogen-bond acceptors (Lipinski definition) is 5. The van der Waals surface area contributed by atoms with E-state index in [0.717, 1.165) is 23.6 Å². The highest BCUT2D eigenvalue weighted by atomic mass is 32.2. The number of nitrogens with zero attached hydrogens (tertiary/aromatic N) is 3. The van der Waals surface area contributed by atoms with Gasteiger partial charge in [0.25, 0.3) is 0 Å². The molecule has 2 rings (SSSR count). The molecule has 0 fully saturated rings. The molecule has 6 nitrogen and oxygen atoms in total. The fourth-order valence-corrected chi connectivity index (χ4v) is 2.46. The predicted molar refractivity (Wildman–Crippen MR) is 70.3 cm³/mol. The van der Waals surface area contributed by atoms with Gasteiger partial charge in [-0.3, -0.25) is 4.79 Å². The second-order valence-electron chi connectivity index (χ2n) is 4.08. The van der Waals surface area contributed by atoms with Crippen LogP contribution in [0.3, 0.4) is 0 Å². The average Bonchev–Trinajstić information content (AvgIpc) is 2.94. The zero-order valence-corrected chi connectivity index (χ0v) is 11.6. The molecule has 0 spiro atoms. The summed E-state index contributed by atoms with van der Waals surface area (Å²) in [6, 6.07) is 1.87. The van der Waals surface area contributed by atoms with Gasteiger partial charge in [-0.1, -0.05) is 23.8 Å². The van der Waals surface area contributed by atoms with Crippen LogP contribution >= 0.6 is 11.8 Å². The number of carboxylic acids is 1. The Morgan fingerprint density at radius 2 is 2.37 bits per heavy atom. The minimum absolute atomic E-state index is 0.00197. The number of aromatic nitrogens is 3. The van der Waals surface area contributed by atoms with Gasteiger partial charge >= 0.3 is 5.97 Å². The van der Waals surface area contributed by atoms with Crippen LogP contribution in [0.2, 0.25) is 0 Å². The number of carboxylic acid groups (broad SMARTS) is 1. The van der Waals surface area contributed by atoms with Crippen LogP contribution in [0.5, 0.6) is 0 Å². The van der Waals surface area contributed by atoms with Crippen molar-refractivity contribution in [2.24, 2.45) is 0 Å². The number of aryl methyl sites for hydroxylation is 2. The van der Waals surface area contributed by atoms with E-state index >= 15 is 0 Å². The molecule has 7 heteroatoms. The zero-order chi connectivity index (χ0) is 13.8. The third-order valence-electron chi connectivity index (χ3n) is 2.59. The van der Waals surface area contributed by atoms with Crippen LogP contribution in [0.4, 0.5) is 0 Å². The predicted octanol–water partition coefficient (Wildman–Crippen LogP) is 1.97. The van der Waals surface area contributed by atoms with Crippen LogP contribution in [-0.2, 0) is 17.8 Å². The van der Waals surface area contributed by atoms with Gasteiger partial charge in [0.05, 0.1) is 12.3 Å². The lowest BCUT2D eigenvalue weighted by molar-refractivity contribution is -0.133. The maximum Gasteiger partial charge on any atom is 0.313 e. The van der Waals surface area contributed by atoms with Crippen LogP contribution in [0.1, 0.15) is 24.1 Å². The van der Waals surface area contributed by atoms with Gasteiger partial charge < -0.3 is 14.2 Å². The molecule has 2 aromatic heterocycles. The van der Waals surface area contributed by atoms with E-state index in [0.29, 0.717) is 11.7 Å². The second-order valence-corrected chi connectivity index (χ2v) is 5.03. The number of hydrogen-bond donors (Lipinski definition) is 1. The molecular weight excluding hydrogens is 266 g/mol. The molecule has 0 amide bonds. The van der Waals surface area contributed by atoms with Crippen molar-refractivity contribution < 1.29 is 14.4 Å². The van der Waals surface area contributed by atoms with Crippen LogP contribution in [-0.4, -0.2) is 31.5 Å². The standard InChI is InChI=1S/C12H15N3O3S/c1-3-10-5-13-12(19-7-11(16)17)15(10)6-9-4-8(2)18-14-9/h4-5H,3,6-7H2,1-2H3,(H,16,17). The molecular formula is C12H15N3O3S. The summed E-state index contributed by atoms with van der Waals surface area (Å²) < 4.78 is 7.02. The Bertz CT molecular complexity index is 577. The Morgan fingerprint density at radius 3 is 2.95 bits per heavy atom. The third kappa shape index (κ3) is 3.37. The molecule has 0 saturated heterocycles. The summed E-state index contributed by atoms with van der Waals surface area (Å²) in [5.74, 6) is -0.0966. The van der Waals surface area contributed by atoms with Crippen LogP contribution in [0, 0.1) is 6.92 Å². The Balaban J connectivity index is 2.20. The first kappa shape index (κ1) is 13.7. The summed E-state index contributed by atoms with van der Waals surface area (Å²) >= 11 is 1.21. The number of rotatable bonds is 6. The zero-order valence-electron chi connectivity index (χ0n) is 10.8. The quantitative estimate of drug-likeness (QED) is 0.815. The first-order chi connectivity index (χ1) is 9.10. The molecule has 0 aliphatic carbocycles. The molecule has 0 aliphatic rings. The van der Waals surface area contributed by atoms with Crippen molar-refractivity contribution in [2.45, 2.75) is 32.0 Å². The van der Waals surface area contributed by atoms with E-state index in [2.05, 4.69) is 10.1 Å². The molecule has 0 aliphatic heterocycles. The monoisotopic (exact) mass is 281 g/mol. The lowest BCUT2D eigenvalue weighted by Crippen LogP contribution is -2.07. The fourth-order valence-electron chi connectivity index (χ4n) is 1.74. The van der Waals surface area contributed by atoms with Crippen molar-refractivity contribution in [3.63, 3.8) is 0 Å². The van der Waals surface area contributed by atoms with Gasteiger partial charge in [0.2, 0.25) is 0 Å². The van der Waals surface area contributed by atoms with Crippen molar-refractivity contribution in [3.8, 4) is 0 Å². The molecule has 2 heterocycles. The molecule has 0 bridgehead atoms. The van der Waals surface area contributed by atoms with Gasteiger partial charge in [0.1, 0.15) is 11.5 Å². The smallest absolute Gasteiger partial charge is 0.313 e. The Kier molecular flexibility index (Phi) is 4.26. The third-order valence-corrected chi connectivity index (χ3v) is 3.56. The van der Waals surface area contributed by atoms with Gasteiger partial charge in [0, 0.05) is 18.0 Å². The minimum Gasteiger partial charge on any atom is -0.481 e. The molecule has 2 aromatic rings. The highest BCUT2D eigenvalue weighted by molar-refractivity contribution is 7.99. The summed E-state index contributed by atoms with van der Waals surface area (Å²) in [4.78, 5) is 14.9. The topological polar surface area (TPSA) is 81.1 Å². The van der Waals surface area contributed by atoms with Crippen molar-refractivity contribution in [3.05, 3.63) is 29.4 Å². The van der Waals surface area contributed by atoms with E-state index in [1.165, 1.54) is 11.8 Å². The van der Waals surface area contributed by atoms with Gasteiger partial charge in [-0.15, -0.1) is 0 Å². The number of aliphatic carboxylic acids is 1. The van der Waals surface area contributed by atoms with E-state index in [4.69, 9.17) is 9.63 Å². The van der Waals surface area contributed by atoms with E-state index in [-0.39, 0.29) is 5.75 Å². The fraction of sp³-hybridized carbons (Fsp3) is 0.417. The molecule has 102 valence electrons. The van der Waals surface area contributed by atoms with Crippen LogP contribution in [0.15, 0.2) is 21.9 Å². The Hall–Kier alpha value is -1.76. The maximum atomic E-state index is 10.6. The summed E-state index contributed by atoms with van der Waals surface area (Å²) in [7, 11) is 0. The Morgan fingerprint density at radius 1 is 1.58 bits per heavy atom. The number of imidazole rings is 1. The van der Waals surface area contributed by atoms with Crippen molar-refractivity contribution in [1.82, 2.24) is 14.7 Å². The van der Waals surface area contributed by atoms with E-state index in [1.54, 1.807) is 6.20 Å². The first-order valence-corrected chi connectivity index (χ1v) is 6.90. The number of carbonyl (C=O) groups is 1. The first-order valence-electron chi connectivity index (χ1n) is 5.91. The van der Waals surface area contributed by atoms with Crippen LogP contribution in [0.25, 0.3) is 0 Å². The van der Waals surface area contributed by atoms with Gasteiger partial charge in [-0.2, -0.15) is 0 Å². The molecule has 0 aromatic carbocycles. The summed E-state index contributed by atoms with van der Waals surface area (Å²) in [5.41, 5.74) is 1.86. The van der Waals surface area contributed by atoms with Crippen molar-refractivity contribution in [1.29, 1.82) is 0 Å². The summed E-state index contributed by atoms with van der Waals surface area (Å²) in [6.07, 6.45) is 2.61. The maximum absolute atomic E-state index is 10.6. The minimum atomic E-state index is -0.852. The SMILES string of the molecule is CCc1cnc(SCC(=O)O)n1Cc1cc(C)on1. The molecule has 0 atom stereocenters. The second kappa shape index (κ2) is 5.92. The molecule has 0 unspecified atom stereocenters. The molecule has 1 N–H and O–H groups in total. The number of thioether (sulfide) groups is 1. The van der Waals surface area contributed by atoms with E-state index in [1.807, 2.05) is 24.5 Å². The van der Waals surface area contributed by atoms with Gasteiger partial charge in [0.15, 0.2) is 5.16 Å². The Labute approximate surface area is 114 Å². The largest absolute Gasteiger partial charge is 0.481 e. The lowest BCUT2D eigenvalue weighted by Gasteiger charge is -2.08. The molecule has 0 saturated carbocycles. The molecule has 19 heavy (non-hydrogen) atoms. The summed E-state index contributed by atoms with van der Waals surface area (Å²) in [5, 5.41) is 13.4. The van der Waals surface area contributed by atoms with Gasteiger partial charge in [-0.25, -0.2) is 4.98 Å².